The van der Waals surface area contributed by atoms with Crippen LogP contribution in [0.15, 0.2) is 30.3 Å². The molecule has 0 atom stereocenters. The minimum Gasteiger partial charge on any atom is -0.383 e. The molecule has 2 aromatic rings. The van der Waals surface area contributed by atoms with Gasteiger partial charge in [-0.15, -0.1) is 0 Å². The topological polar surface area (TPSA) is 76.5 Å². The van der Waals surface area contributed by atoms with Crippen LogP contribution in [0.5, 0.6) is 0 Å². The van der Waals surface area contributed by atoms with Crippen LogP contribution in [0, 0.1) is 0 Å². The highest BCUT2D eigenvalue weighted by Crippen LogP contribution is 2.29. The number of carbonyl (C=O) groups excluding carboxylic acids is 2. The van der Waals surface area contributed by atoms with Gasteiger partial charge in [0.05, 0.1) is 17.9 Å². The summed E-state index contributed by atoms with van der Waals surface area (Å²) in [6, 6.07) is 5.63. The summed E-state index contributed by atoms with van der Waals surface area (Å²) in [6.45, 7) is 5.96. The van der Waals surface area contributed by atoms with Gasteiger partial charge in [-0.25, -0.2) is 0 Å². The molecule has 0 unspecified atom stereocenters. The second-order valence-electron chi connectivity index (χ2n) is 8.13. The van der Waals surface area contributed by atoms with E-state index in [1.165, 1.54) is 16.7 Å². The maximum absolute atomic E-state index is 12.8. The number of aryl methyl sites for hydroxylation is 1. The molecule has 2 amide bonds. The van der Waals surface area contributed by atoms with Crippen LogP contribution >= 0.6 is 0 Å². The van der Waals surface area contributed by atoms with Crippen LogP contribution in [-0.2, 0) is 28.2 Å². The van der Waals surface area contributed by atoms with Gasteiger partial charge in [-0.3, -0.25) is 14.3 Å². The highest BCUT2D eigenvalue weighted by molar-refractivity contribution is 5.99. The van der Waals surface area contributed by atoms with Crippen molar-refractivity contribution in [1.29, 1.82) is 0 Å². The van der Waals surface area contributed by atoms with Crippen molar-refractivity contribution in [2.45, 2.75) is 32.4 Å². The first-order chi connectivity index (χ1) is 14.3. The van der Waals surface area contributed by atoms with Crippen LogP contribution < -0.4 is 5.32 Å². The average molecular weight is 440 g/mol. The van der Waals surface area contributed by atoms with E-state index in [-0.39, 0.29) is 30.7 Å². The molecule has 0 aliphatic carbocycles. The molecule has 0 radical (unpaired) electrons. The maximum Gasteiger partial charge on any atom is 0.416 e. The van der Waals surface area contributed by atoms with Gasteiger partial charge in [-0.05, 0) is 24.3 Å². The molecule has 1 aromatic heterocycles. The van der Waals surface area contributed by atoms with Crippen LogP contribution in [0.4, 0.5) is 19.0 Å². The largest absolute Gasteiger partial charge is 0.416 e. The average Bonchev–Trinajstić information content (AvgIpc) is 3.04. The van der Waals surface area contributed by atoms with E-state index in [1.807, 2.05) is 20.8 Å². The molecule has 31 heavy (non-hydrogen) atoms. The monoisotopic (exact) mass is 440 g/mol. The third kappa shape index (κ3) is 6.55. The maximum atomic E-state index is 12.8. The number of methoxy groups -OCH3 is 1. The Bertz CT molecular complexity index is 915. The van der Waals surface area contributed by atoms with Crippen molar-refractivity contribution in [2.24, 2.45) is 7.05 Å². The molecule has 1 heterocycles. The molecule has 0 spiro atoms. The first-order valence-electron chi connectivity index (χ1n) is 9.62. The number of benzene rings is 1. The van der Waals surface area contributed by atoms with Gasteiger partial charge in [-0.1, -0.05) is 20.8 Å². The molecule has 0 saturated heterocycles. The molecule has 0 saturated carbocycles. The van der Waals surface area contributed by atoms with Crippen LogP contribution in [0.3, 0.4) is 0 Å². The molecule has 0 bridgehead atoms. The van der Waals surface area contributed by atoms with Crippen molar-refractivity contribution < 1.29 is 27.5 Å². The zero-order valence-electron chi connectivity index (χ0n) is 18.2. The number of amides is 2. The summed E-state index contributed by atoms with van der Waals surface area (Å²) in [5.74, 6) is -0.551. The lowest BCUT2D eigenvalue weighted by molar-refractivity contribution is -0.137. The van der Waals surface area contributed by atoms with Crippen molar-refractivity contribution in [3.63, 3.8) is 0 Å². The Morgan fingerprint density at radius 2 is 1.77 bits per heavy atom. The van der Waals surface area contributed by atoms with Crippen LogP contribution in [-0.4, -0.2) is 53.3 Å². The number of nitrogens with zero attached hydrogens (tertiary/aromatic N) is 3. The summed E-state index contributed by atoms with van der Waals surface area (Å²) in [5, 5.41) is 7.11. The Morgan fingerprint density at radius 1 is 1.16 bits per heavy atom. The third-order valence-electron chi connectivity index (χ3n) is 4.56. The Kier molecular flexibility index (Phi) is 7.48. The number of halogens is 3. The smallest absolute Gasteiger partial charge is 0.383 e. The van der Waals surface area contributed by atoms with E-state index in [0.29, 0.717) is 5.82 Å². The molecule has 1 N–H and O–H groups in total. The number of anilines is 1. The Balaban J connectivity index is 2.14. The zero-order chi connectivity index (χ0) is 23.4. The first-order valence-corrected chi connectivity index (χ1v) is 9.62. The number of nitrogens with one attached hydrogen (secondary N) is 1. The first kappa shape index (κ1) is 24.4. The van der Waals surface area contributed by atoms with Gasteiger partial charge >= 0.3 is 6.18 Å². The highest BCUT2D eigenvalue weighted by atomic mass is 19.4. The Morgan fingerprint density at radius 3 is 2.26 bits per heavy atom. The van der Waals surface area contributed by atoms with Crippen LogP contribution in [0.2, 0.25) is 0 Å². The molecule has 0 fully saturated rings. The SMILES string of the molecule is COCCN(CC(=O)Nc1cc(C(C)(C)C)nn1C)C(=O)c1ccc(C(F)(F)F)cc1. The predicted octanol–water partition coefficient (Wildman–Crippen LogP) is 3.46. The molecule has 10 heteroatoms. The second-order valence-corrected chi connectivity index (χ2v) is 8.13. The number of hydrogen-bond donors (Lipinski definition) is 1. The zero-order valence-corrected chi connectivity index (χ0v) is 18.2. The number of alkyl halides is 3. The lowest BCUT2D eigenvalue weighted by atomic mass is 9.92. The van der Waals surface area contributed by atoms with Crippen molar-refractivity contribution in [1.82, 2.24) is 14.7 Å². The number of rotatable bonds is 7. The van der Waals surface area contributed by atoms with E-state index in [0.717, 1.165) is 30.0 Å². The van der Waals surface area contributed by atoms with Crippen LogP contribution in [0.1, 0.15) is 42.4 Å². The lowest BCUT2D eigenvalue weighted by Crippen LogP contribution is -2.40. The number of hydrogen-bond acceptors (Lipinski definition) is 4. The molecule has 0 aliphatic heterocycles. The summed E-state index contributed by atoms with van der Waals surface area (Å²) in [7, 11) is 3.14. The number of ether oxygens (including phenoxy) is 1. The summed E-state index contributed by atoms with van der Waals surface area (Å²) in [6.07, 6.45) is -4.49. The fourth-order valence-corrected chi connectivity index (χ4v) is 2.74. The van der Waals surface area contributed by atoms with Gasteiger partial charge in [0, 0.05) is 37.7 Å². The quantitative estimate of drug-likeness (QED) is 0.716. The standard InChI is InChI=1S/C21H27F3N4O3/c1-20(2,3)16-12-17(27(4)26-16)25-18(29)13-28(10-11-31-5)19(30)14-6-8-15(9-7-14)21(22,23)24/h6-9,12H,10-11,13H2,1-5H3,(H,25,29). The number of aromatic nitrogens is 2. The van der Waals surface area contributed by atoms with Crippen LogP contribution in [0.25, 0.3) is 0 Å². The molecular weight excluding hydrogens is 413 g/mol. The lowest BCUT2D eigenvalue weighted by Gasteiger charge is -2.22. The Hall–Kier alpha value is -2.88. The molecular formula is C21H27F3N4O3. The molecule has 0 aliphatic rings. The van der Waals surface area contributed by atoms with Gasteiger partial charge < -0.3 is 15.0 Å². The van der Waals surface area contributed by atoms with Gasteiger partial charge in [0.2, 0.25) is 5.91 Å². The fourth-order valence-electron chi connectivity index (χ4n) is 2.74. The van der Waals surface area contributed by atoms with Crippen molar-refractivity contribution >= 4 is 17.6 Å². The molecule has 7 nitrogen and oxygen atoms in total. The van der Waals surface area contributed by atoms with Gasteiger partial charge in [0.15, 0.2) is 0 Å². The van der Waals surface area contributed by atoms with Gasteiger partial charge in [0.25, 0.3) is 5.91 Å². The number of carbonyl (C=O) groups is 2. The summed E-state index contributed by atoms with van der Waals surface area (Å²) >= 11 is 0. The van der Waals surface area contributed by atoms with E-state index in [1.54, 1.807) is 13.1 Å². The van der Waals surface area contributed by atoms with E-state index >= 15 is 0 Å². The van der Waals surface area contributed by atoms with Crippen molar-refractivity contribution in [2.75, 3.05) is 32.1 Å². The highest BCUT2D eigenvalue weighted by Gasteiger charge is 2.30. The summed E-state index contributed by atoms with van der Waals surface area (Å²) in [4.78, 5) is 26.6. The predicted molar refractivity (Wildman–Crippen MR) is 110 cm³/mol. The minimum atomic E-state index is -4.49. The van der Waals surface area contributed by atoms with Crippen molar-refractivity contribution in [3.8, 4) is 0 Å². The van der Waals surface area contributed by atoms with Gasteiger partial charge in [-0.2, -0.15) is 18.3 Å². The van der Waals surface area contributed by atoms with Gasteiger partial charge in [0.1, 0.15) is 12.4 Å². The van der Waals surface area contributed by atoms with E-state index < -0.39 is 23.6 Å². The Labute approximate surface area is 179 Å². The normalized spacial score (nSPS) is 12.0. The van der Waals surface area contributed by atoms with E-state index in [2.05, 4.69) is 10.4 Å². The molecule has 1 aromatic carbocycles. The molecule has 2 rings (SSSR count). The summed E-state index contributed by atoms with van der Waals surface area (Å²) < 4.78 is 44.8. The fraction of sp³-hybridized carbons (Fsp3) is 0.476. The second kappa shape index (κ2) is 9.51. The minimum absolute atomic E-state index is 0.0486. The van der Waals surface area contributed by atoms with Crippen molar-refractivity contribution in [3.05, 3.63) is 47.2 Å². The van der Waals surface area contributed by atoms with E-state index in [9.17, 15) is 22.8 Å². The third-order valence-corrected chi connectivity index (χ3v) is 4.56. The summed E-state index contributed by atoms with van der Waals surface area (Å²) in [5.41, 5.74) is -0.213. The molecule has 170 valence electrons. The van der Waals surface area contributed by atoms with E-state index in [4.69, 9.17) is 4.74 Å².